The second-order valence-electron chi connectivity index (χ2n) is 16.3. The Morgan fingerprint density at radius 1 is 0.981 bits per heavy atom. The standard InChI is InChI=1S/C41H48ClFN6O4/c1-40(24-44-34-22-45-48(3)39(53)36(34)42)21-30(23-47(2)25-40)26-4-6-28(7-5-26)38(52)49-18-16-41(17-19-49)14-12-27(13-15-41)29-8-9-31(33(43)20-29)32-10-11-35(50)46-37(32)51/h4-9,20,22,24,27,30,32H,10-19,21,23,25H2,1-3H3,(H,46,50,51)/t30-,32?,40?/m0/s1. The SMILES string of the molecule is CN1C[C@@H](c2ccc(C(=O)N3CCC4(CCC(c5ccc(C6CCC(=O)NC6=O)c(F)c5)CC4)CC3)cc2)CC(C)(C=Nc2cnn(C)c(=O)c2Cl)C1. The molecule has 1 spiro atoms. The van der Waals surface area contributed by atoms with Crippen molar-refractivity contribution < 1.29 is 18.8 Å². The van der Waals surface area contributed by atoms with Crippen molar-refractivity contribution in [2.24, 2.45) is 22.9 Å². The van der Waals surface area contributed by atoms with E-state index in [0.717, 1.165) is 76.7 Å². The zero-order valence-electron chi connectivity index (χ0n) is 30.7. The van der Waals surface area contributed by atoms with Gasteiger partial charge in [0.25, 0.3) is 11.5 Å². The number of amides is 3. The molecule has 0 bridgehead atoms. The molecule has 3 atom stereocenters. The van der Waals surface area contributed by atoms with Gasteiger partial charge in [0.05, 0.1) is 12.1 Å². The summed E-state index contributed by atoms with van der Waals surface area (Å²) < 4.78 is 16.4. The third-order valence-electron chi connectivity index (χ3n) is 12.3. The fourth-order valence-electron chi connectivity index (χ4n) is 9.28. The molecule has 3 aliphatic heterocycles. The fourth-order valence-corrected chi connectivity index (χ4v) is 9.50. The van der Waals surface area contributed by atoms with Gasteiger partial charge in [-0.25, -0.2) is 9.07 Å². The van der Waals surface area contributed by atoms with Crippen molar-refractivity contribution in [2.75, 3.05) is 33.2 Å². The Bertz CT molecular complexity index is 1980. The number of hydrogen-bond donors (Lipinski definition) is 1. The summed E-state index contributed by atoms with van der Waals surface area (Å²) in [6.07, 6.45) is 10.8. The van der Waals surface area contributed by atoms with Gasteiger partial charge in [0.2, 0.25) is 11.8 Å². The van der Waals surface area contributed by atoms with E-state index in [9.17, 15) is 19.2 Å². The number of benzene rings is 2. The summed E-state index contributed by atoms with van der Waals surface area (Å²) in [5.41, 5.74) is 3.18. The topological polar surface area (TPSA) is 117 Å². The van der Waals surface area contributed by atoms with E-state index in [1.807, 2.05) is 29.3 Å². The molecule has 3 saturated heterocycles. The average Bonchev–Trinajstić information content (AvgIpc) is 3.14. The molecule has 4 fully saturated rings. The second-order valence-corrected chi connectivity index (χ2v) is 16.6. The lowest BCUT2D eigenvalue weighted by molar-refractivity contribution is -0.134. The van der Waals surface area contributed by atoms with Crippen LogP contribution in [0.15, 0.2) is 58.4 Å². The van der Waals surface area contributed by atoms with Crippen molar-refractivity contribution >= 4 is 41.2 Å². The minimum atomic E-state index is -0.622. The van der Waals surface area contributed by atoms with E-state index < -0.39 is 11.8 Å². The van der Waals surface area contributed by atoms with Gasteiger partial charge in [0.1, 0.15) is 16.5 Å². The number of aliphatic imine (C=N–C) groups is 1. The van der Waals surface area contributed by atoms with Crippen LogP contribution in [0.1, 0.15) is 110 Å². The number of piperidine rings is 3. The molecule has 1 aliphatic carbocycles. The number of halogens is 2. The molecular weight excluding hydrogens is 695 g/mol. The van der Waals surface area contributed by atoms with Crippen molar-refractivity contribution in [1.82, 2.24) is 24.9 Å². The zero-order chi connectivity index (χ0) is 37.5. The summed E-state index contributed by atoms with van der Waals surface area (Å²) in [6.45, 7) is 5.34. The lowest BCUT2D eigenvalue weighted by Gasteiger charge is -2.46. The maximum Gasteiger partial charge on any atom is 0.287 e. The van der Waals surface area contributed by atoms with Crippen molar-refractivity contribution in [3.63, 3.8) is 0 Å². The van der Waals surface area contributed by atoms with Crippen LogP contribution in [0.2, 0.25) is 5.02 Å². The first-order valence-electron chi connectivity index (χ1n) is 18.8. The van der Waals surface area contributed by atoms with E-state index in [0.29, 0.717) is 23.2 Å². The number of aryl methyl sites for hydroxylation is 1. The Morgan fingerprint density at radius 3 is 2.36 bits per heavy atom. The van der Waals surface area contributed by atoms with Gasteiger partial charge in [0, 0.05) is 62.4 Å². The van der Waals surface area contributed by atoms with E-state index in [1.165, 1.54) is 16.4 Å². The van der Waals surface area contributed by atoms with Crippen molar-refractivity contribution in [3.8, 4) is 0 Å². The largest absolute Gasteiger partial charge is 0.339 e. The van der Waals surface area contributed by atoms with Crippen LogP contribution in [0.4, 0.5) is 10.1 Å². The number of likely N-dealkylation sites (N-methyl/N-ethyl adjacent to an activating group) is 1. The fraction of sp³-hybridized carbons (Fsp3) is 0.512. The van der Waals surface area contributed by atoms with Crippen molar-refractivity contribution in [1.29, 1.82) is 0 Å². The number of carbonyl (C=O) groups is 3. The first-order valence-corrected chi connectivity index (χ1v) is 19.2. The Labute approximate surface area is 314 Å². The highest BCUT2D eigenvalue weighted by Gasteiger charge is 2.40. The molecule has 3 aromatic rings. The summed E-state index contributed by atoms with van der Waals surface area (Å²) in [6, 6.07) is 13.4. The predicted molar refractivity (Wildman–Crippen MR) is 202 cm³/mol. The molecule has 3 amide bonds. The highest BCUT2D eigenvalue weighted by Crippen LogP contribution is 2.49. The van der Waals surface area contributed by atoms with Gasteiger partial charge < -0.3 is 9.80 Å². The van der Waals surface area contributed by atoms with Gasteiger partial charge in [-0.1, -0.05) is 42.8 Å². The number of imide groups is 1. The maximum absolute atomic E-state index is 15.2. The average molecular weight is 743 g/mol. The molecule has 53 heavy (non-hydrogen) atoms. The highest BCUT2D eigenvalue weighted by atomic mass is 35.5. The number of nitrogens with zero attached hydrogens (tertiary/aromatic N) is 5. The molecular formula is C41H48ClFN6O4. The first-order chi connectivity index (χ1) is 25.3. The van der Waals surface area contributed by atoms with Crippen LogP contribution in [0.3, 0.4) is 0 Å². The quantitative estimate of drug-likeness (QED) is 0.228. The van der Waals surface area contributed by atoms with Crippen LogP contribution in [0.5, 0.6) is 0 Å². The van der Waals surface area contributed by atoms with Crippen LogP contribution in [-0.4, -0.2) is 76.7 Å². The molecule has 4 heterocycles. The molecule has 4 aliphatic rings. The summed E-state index contributed by atoms with van der Waals surface area (Å²) in [7, 11) is 3.65. The lowest BCUT2D eigenvalue weighted by atomic mass is 9.64. The molecule has 2 unspecified atom stereocenters. The molecule has 1 aromatic heterocycles. The Kier molecular flexibility index (Phi) is 10.4. The van der Waals surface area contributed by atoms with Crippen molar-refractivity contribution in [3.05, 3.63) is 92.1 Å². The first kappa shape index (κ1) is 37.1. The number of aromatic nitrogens is 2. The highest BCUT2D eigenvalue weighted by molar-refractivity contribution is 6.32. The predicted octanol–water partition coefficient (Wildman–Crippen LogP) is 6.50. The monoisotopic (exact) mass is 742 g/mol. The molecule has 12 heteroatoms. The van der Waals surface area contributed by atoms with Gasteiger partial charge in [-0.15, -0.1) is 0 Å². The molecule has 7 rings (SSSR count). The summed E-state index contributed by atoms with van der Waals surface area (Å²) in [5, 5.41) is 6.44. The number of carbonyl (C=O) groups excluding carboxylic acids is 3. The van der Waals surface area contributed by atoms with Crippen LogP contribution in [-0.2, 0) is 16.6 Å². The van der Waals surface area contributed by atoms with E-state index in [2.05, 4.69) is 46.4 Å². The van der Waals surface area contributed by atoms with Crippen molar-refractivity contribution in [2.45, 2.75) is 82.5 Å². The Balaban J connectivity index is 0.922. The number of nitrogens with one attached hydrogen (secondary N) is 1. The van der Waals surface area contributed by atoms with E-state index >= 15 is 4.39 Å². The Morgan fingerprint density at radius 2 is 1.68 bits per heavy atom. The summed E-state index contributed by atoms with van der Waals surface area (Å²) >= 11 is 6.25. The third-order valence-corrected chi connectivity index (χ3v) is 12.7. The van der Waals surface area contributed by atoms with E-state index in [1.54, 1.807) is 19.2 Å². The minimum absolute atomic E-state index is 0.0603. The number of hydrogen-bond acceptors (Lipinski definition) is 7. The second kappa shape index (κ2) is 14.9. The van der Waals surface area contributed by atoms with E-state index in [4.69, 9.17) is 11.6 Å². The van der Waals surface area contributed by atoms with Crippen LogP contribution in [0, 0.1) is 16.6 Å². The number of likely N-dealkylation sites (tertiary alicyclic amines) is 2. The van der Waals surface area contributed by atoms with E-state index in [-0.39, 0.29) is 57.3 Å². The smallest absolute Gasteiger partial charge is 0.287 e. The van der Waals surface area contributed by atoms with Gasteiger partial charge in [-0.05, 0) is 105 Å². The maximum atomic E-state index is 15.2. The third kappa shape index (κ3) is 7.87. The minimum Gasteiger partial charge on any atom is -0.339 e. The molecule has 1 N–H and O–H groups in total. The van der Waals surface area contributed by atoms with Gasteiger partial charge in [-0.2, -0.15) is 5.10 Å². The summed E-state index contributed by atoms with van der Waals surface area (Å²) in [4.78, 5) is 58.6. The molecule has 1 saturated carbocycles. The van der Waals surface area contributed by atoms with Gasteiger partial charge >= 0.3 is 0 Å². The van der Waals surface area contributed by atoms with Gasteiger partial charge in [-0.3, -0.25) is 29.5 Å². The van der Waals surface area contributed by atoms with Crippen LogP contribution in [0.25, 0.3) is 0 Å². The van der Waals surface area contributed by atoms with Gasteiger partial charge in [0.15, 0.2) is 0 Å². The molecule has 2 aromatic carbocycles. The summed E-state index contributed by atoms with van der Waals surface area (Å²) in [5.74, 6) is -1.12. The Hall–Kier alpha value is -4.22. The zero-order valence-corrected chi connectivity index (χ0v) is 31.5. The lowest BCUT2D eigenvalue weighted by Crippen LogP contribution is -2.44. The number of rotatable bonds is 6. The normalized spacial score (nSPS) is 25.6. The molecule has 10 nitrogen and oxygen atoms in total. The molecule has 0 radical (unpaired) electrons. The van der Waals surface area contributed by atoms with Crippen LogP contribution >= 0.6 is 11.6 Å². The molecule has 280 valence electrons. The van der Waals surface area contributed by atoms with Crippen LogP contribution < -0.4 is 10.9 Å².